The lowest BCUT2D eigenvalue weighted by Crippen LogP contribution is -2.29. The maximum Gasteiger partial charge on any atom is 0.174 e. The standard InChI is InChI=1S/C27H26N4OS/c1-17-18(2)30(20-11-5-4-6-12-20)19(3)24(17)26-25(21-13-9-10-16-28-21)29-27(33)31(26)22-14-7-8-15-23(22)32/h4-16,25-26,32H,1-3H3,(H,29,33)/t25-,26-/m0/s1. The number of phenolic OH excluding ortho intramolecular Hbond substituents is 1. The van der Waals surface area contributed by atoms with Gasteiger partial charge in [0.05, 0.1) is 23.5 Å². The normalized spacial score (nSPS) is 17.9. The van der Waals surface area contributed by atoms with Gasteiger partial charge >= 0.3 is 0 Å². The van der Waals surface area contributed by atoms with Gasteiger partial charge in [-0.05, 0) is 75.0 Å². The van der Waals surface area contributed by atoms with Crippen LogP contribution in [0.3, 0.4) is 0 Å². The predicted molar refractivity (Wildman–Crippen MR) is 136 cm³/mol. The molecule has 1 aliphatic heterocycles. The lowest BCUT2D eigenvalue weighted by molar-refractivity contribution is 0.472. The summed E-state index contributed by atoms with van der Waals surface area (Å²) in [6.07, 6.45) is 1.81. The Morgan fingerprint density at radius 3 is 2.27 bits per heavy atom. The van der Waals surface area contributed by atoms with Crippen molar-refractivity contribution >= 4 is 23.0 Å². The molecule has 0 amide bonds. The molecule has 2 atom stereocenters. The number of phenols is 1. The molecule has 3 heterocycles. The number of benzene rings is 2. The molecule has 0 spiro atoms. The van der Waals surface area contributed by atoms with Gasteiger partial charge in [0.1, 0.15) is 5.75 Å². The third kappa shape index (κ3) is 3.47. The molecule has 2 aromatic carbocycles. The third-order valence-electron chi connectivity index (χ3n) is 6.56. The van der Waals surface area contributed by atoms with E-state index in [0.29, 0.717) is 10.8 Å². The monoisotopic (exact) mass is 454 g/mol. The zero-order chi connectivity index (χ0) is 23.1. The average Bonchev–Trinajstić information content (AvgIpc) is 3.27. The second-order valence-electron chi connectivity index (χ2n) is 8.37. The van der Waals surface area contributed by atoms with Crippen molar-refractivity contribution in [1.82, 2.24) is 14.9 Å². The van der Waals surface area contributed by atoms with E-state index in [0.717, 1.165) is 17.1 Å². The van der Waals surface area contributed by atoms with Crippen LogP contribution in [-0.4, -0.2) is 19.8 Å². The van der Waals surface area contributed by atoms with Crippen molar-refractivity contribution in [3.05, 3.63) is 107 Å². The smallest absolute Gasteiger partial charge is 0.174 e. The molecule has 2 aromatic heterocycles. The second kappa shape index (κ2) is 8.37. The molecule has 2 N–H and O–H groups in total. The predicted octanol–water partition coefficient (Wildman–Crippen LogP) is 5.68. The highest BCUT2D eigenvalue weighted by Crippen LogP contribution is 2.47. The Hall–Kier alpha value is -3.64. The minimum atomic E-state index is -0.177. The van der Waals surface area contributed by atoms with Gasteiger partial charge in [-0.2, -0.15) is 0 Å². The van der Waals surface area contributed by atoms with Crippen molar-refractivity contribution in [1.29, 1.82) is 0 Å². The van der Waals surface area contributed by atoms with Gasteiger partial charge in [0.15, 0.2) is 5.11 Å². The highest BCUT2D eigenvalue weighted by Gasteiger charge is 2.44. The van der Waals surface area contributed by atoms with Crippen LogP contribution in [0.15, 0.2) is 79.0 Å². The lowest BCUT2D eigenvalue weighted by atomic mass is 9.93. The van der Waals surface area contributed by atoms with Gasteiger partial charge in [-0.15, -0.1) is 0 Å². The van der Waals surface area contributed by atoms with Gasteiger partial charge in [-0.1, -0.05) is 36.4 Å². The van der Waals surface area contributed by atoms with Gasteiger partial charge in [0.2, 0.25) is 0 Å². The molecule has 4 aromatic rings. The Balaban J connectivity index is 1.75. The number of para-hydroxylation sites is 3. The van der Waals surface area contributed by atoms with Crippen LogP contribution in [0.2, 0.25) is 0 Å². The Bertz CT molecular complexity index is 1320. The van der Waals surface area contributed by atoms with E-state index >= 15 is 0 Å². The van der Waals surface area contributed by atoms with E-state index in [4.69, 9.17) is 12.2 Å². The first-order valence-electron chi connectivity index (χ1n) is 11.0. The van der Waals surface area contributed by atoms with Crippen LogP contribution in [-0.2, 0) is 0 Å². The van der Waals surface area contributed by atoms with Crippen molar-refractivity contribution in [3.8, 4) is 11.4 Å². The van der Waals surface area contributed by atoms with Crippen molar-refractivity contribution < 1.29 is 5.11 Å². The molecular weight excluding hydrogens is 428 g/mol. The number of aromatic hydroxyl groups is 1. The molecule has 0 radical (unpaired) electrons. The van der Waals surface area contributed by atoms with Gasteiger partial charge < -0.3 is 19.9 Å². The van der Waals surface area contributed by atoms with Gasteiger partial charge in [-0.25, -0.2) is 0 Å². The molecular formula is C27H26N4OS. The maximum absolute atomic E-state index is 10.7. The highest BCUT2D eigenvalue weighted by atomic mass is 32.1. The Morgan fingerprint density at radius 2 is 1.58 bits per heavy atom. The van der Waals surface area contributed by atoms with Gasteiger partial charge in [-0.3, -0.25) is 4.98 Å². The van der Waals surface area contributed by atoms with Crippen LogP contribution in [0.25, 0.3) is 5.69 Å². The number of hydrogen-bond acceptors (Lipinski definition) is 3. The fraction of sp³-hybridized carbons (Fsp3) is 0.185. The fourth-order valence-corrected chi connectivity index (χ4v) is 5.32. The van der Waals surface area contributed by atoms with Crippen LogP contribution in [0.5, 0.6) is 5.75 Å². The third-order valence-corrected chi connectivity index (χ3v) is 6.87. The number of hydrogen-bond donors (Lipinski definition) is 2. The minimum absolute atomic E-state index is 0.165. The zero-order valence-corrected chi connectivity index (χ0v) is 19.7. The SMILES string of the molecule is Cc1c([C@H]2[C@H](c3ccccn3)NC(=S)N2c2ccccc2O)c(C)n(-c2ccccc2)c1C. The van der Waals surface area contributed by atoms with Crippen molar-refractivity contribution in [3.63, 3.8) is 0 Å². The van der Waals surface area contributed by atoms with E-state index in [1.165, 1.54) is 16.8 Å². The molecule has 166 valence electrons. The summed E-state index contributed by atoms with van der Waals surface area (Å²) in [5, 5.41) is 14.8. The molecule has 0 saturated carbocycles. The first kappa shape index (κ1) is 21.2. The fourth-order valence-electron chi connectivity index (χ4n) is 4.98. The number of anilines is 1. The minimum Gasteiger partial charge on any atom is -0.506 e. The first-order valence-corrected chi connectivity index (χ1v) is 11.4. The summed E-state index contributed by atoms with van der Waals surface area (Å²) in [5.74, 6) is 0.197. The molecule has 1 saturated heterocycles. The zero-order valence-electron chi connectivity index (χ0n) is 18.9. The molecule has 33 heavy (non-hydrogen) atoms. The quantitative estimate of drug-likeness (QED) is 0.389. The van der Waals surface area contributed by atoms with Crippen molar-refractivity contribution in [2.45, 2.75) is 32.9 Å². The van der Waals surface area contributed by atoms with E-state index in [1.54, 1.807) is 12.3 Å². The lowest BCUT2D eigenvalue weighted by Gasteiger charge is -2.29. The summed E-state index contributed by atoms with van der Waals surface area (Å²) >= 11 is 5.83. The van der Waals surface area contributed by atoms with E-state index < -0.39 is 0 Å². The van der Waals surface area contributed by atoms with E-state index in [-0.39, 0.29) is 17.8 Å². The molecule has 0 bridgehead atoms. The molecule has 1 aliphatic rings. The maximum atomic E-state index is 10.7. The number of aromatic nitrogens is 2. The molecule has 6 heteroatoms. The van der Waals surface area contributed by atoms with Crippen LogP contribution in [0.4, 0.5) is 5.69 Å². The summed E-state index contributed by atoms with van der Waals surface area (Å²) < 4.78 is 2.30. The molecule has 5 rings (SSSR count). The number of rotatable bonds is 4. The molecule has 0 unspecified atom stereocenters. The average molecular weight is 455 g/mol. The Kier molecular flexibility index (Phi) is 5.38. The summed E-state index contributed by atoms with van der Waals surface area (Å²) in [6, 6.07) is 23.3. The summed E-state index contributed by atoms with van der Waals surface area (Å²) in [4.78, 5) is 6.69. The topological polar surface area (TPSA) is 53.3 Å². The van der Waals surface area contributed by atoms with Crippen molar-refractivity contribution in [2.75, 3.05) is 4.90 Å². The van der Waals surface area contributed by atoms with E-state index in [1.807, 2.05) is 47.4 Å². The van der Waals surface area contributed by atoms with E-state index in [9.17, 15) is 5.11 Å². The molecule has 0 aliphatic carbocycles. The van der Waals surface area contributed by atoms with Crippen LogP contribution in [0, 0.1) is 20.8 Å². The van der Waals surface area contributed by atoms with E-state index in [2.05, 4.69) is 59.9 Å². The number of nitrogens with zero attached hydrogens (tertiary/aromatic N) is 3. The molecule has 1 fully saturated rings. The highest BCUT2D eigenvalue weighted by molar-refractivity contribution is 7.80. The molecule has 5 nitrogen and oxygen atoms in total. The summed E-state index contributed by atoms with van der Waals surface area (Å²) in [7, 11) is 0. The number of nitrogens with one attached hydrogen (secondary N) is 1. The van der Waals surface area contributed by atoms with Crippen LogP contribution >= 0.6 is 12.2 Å². The second-order valence-corrected chi connectivity index (χ2v) is 8.75. The largest absolute Gasteiger partial charge is 0.506 e. The Morgan fingerprint density at radius 1 is 0.879 bits per heavy atom. The van der Waals surface area contributed by atoms with Crippen LogP contribution in [0.1, 0.15) is 40.3 Å². The van der Waals surface area contributed by atoms with Gasteiger partial charge in [0, 0.05) is 28.8 Å². The van der Waals surface area contributed by atoms with Crippen molar-refractivity contribution in [2.24, 2.45) is 0 Å². The summed E-state index contributed by atoms with van der Waals surface area (Å²) in [6.45, 7) is 6.47. The van der Waals surface area contributed by atoms with Crippen LogP contribution < -0.4 is 10.2 Å². The first-order chi connectivity index (χ1) is 16.0. The Labute approximate surface area is 199 Å². The summed E-state index contributed by atoms with van der Waals surface area (Å²) in [5.41, 5.74) is 7.43. The van der Waals surface area contributed by atoms with Gasteiger partial charge in [0.25, 0.3) is 0 Å². The number of thiocarbonyl (C=S) groups is 1. The number of pyridine rings is 1.